The number of carbonyl (C=O) groups is 1. The van der Waals surface area contributed by atoms with Crippen LogP contribution in [-0.2, 0) is 21.2 Å². The molecule has 0 saturated heterocycles. The van der Waals surface area contributed by atoms with E-state index in [4.69, 9.17) is 4.74 Å². The summed E-state index contributed by atoms with van der Waals surface area (Å²) in [5.74, 6) is 0.583. The number of rotatable bonds is 8. The normalized spacial score (nSPS) is 11.1. The summed E-state index contributed by atoms with van der Waals surface area (Å²) in [6, 6.07) is 15.2. The van der Waals surface area contributed by atoms with Gasteiger partial charge in [0.25, 0.3) is 10.0 Å². The first-order valence-electron chi connectivity index (χ1n) is 9.64. The average Bonchev–Trinajstić information content (AvgIpc) is 2.71. The van der Waals surface area contributed by atoms with Gasteiger partial charge in [-0.25, -0.2) is 23.1 Å². The summed E-state index contributed by atoms with van der Waals surface area (Å²) in [5.41, 5.74) is 2.78. The number of para-hydroxylation sites is 1. The standard InChI is InChI=1S/C22H24N4O4S/c1-15-14-16(2)24-22(23-15)26-31(28,29)19-11-9-18(10-12-19)25-21(27)13-8-17-6-4-5-7-20(17)30-3/h4-7,9-12,14H,8,13H2,1-3H3,(H,25,27)(H,23,24,26). The Hall–Kier alpha value is -3.46. The molecule has 3 rings (SSSR count). The van der Waals surface area contributed by atoms with Crippen LogP contribution in [0.15, 0.2) is 59.5 Å². The molecule has 3 aromatic rings. The number of carbonyl (C=O) groups excluding carboxylic acids is 1. The minimum atomic E-state index is -3.85. The highest BCUT2D eigenvalue weighted by Crippen LogP contribution is 2.20. The average molecular weight is 441 g/mol. The number of amides is 1. The summed E-state index contributed by atoms with van der Waals surface area (Å²) in [5, 5.41) is 2.77. The van der Waals surface area contributed by atoms with Gasteiger partial charge in [0.15, 0.2) is 0 Å². The summed E-state index contributed by atoms with van der Waals surface area (Å²) in [7, 11) is -2.25. The molecule has 0 atom stereocenters. The summed E-state index contributed by atoms with van der Waals surface area (Å²) < 4.78 is 32.8. The van der Waals surface area contributed by atoms with Gasteiger partial charge in [0.1, 0.15) is 5.75 Å². The fraction of sp³-hybridized carbons (Fsp3) is 0.227. The van der Waals surface area contributed by atoms with E-state index >= 15 is 0 Å². The van der Waals surface area contributed by atoms with Crippen LogP contribution < -0.4 is 14.8 Å². The maximum absolute atomic E-state index is 12.6. The molecule has 0 unspecified atom stereocenters. The van der Waals surface area contributed by atoms with E-state index in [0.29, 0.717) is 23.5 Å². The predicted octanol–water partition coefficient (Wildman–Crippen LogP) is 3.47. The minimum Gasteiger partial charge on any atom is -0.496 e. The zero-order valence-corrected chi connectivity index (χ0v) is 18.4. The van der Waals surface area contributed by atoms with Crippen molar-refractivity contribution in [2.45, 2.75) is 31.6 Å². The topological polar surface area (TPSA) is 110 Å². The van der Waals surface area contributed by atoms with Crippen LogP contribution >= 0.6 is 0 Å². The molecule has 31 heavy (non-hydrogen) atoms. The van der Waals surface area contributed by atoms with Crippen molar-refractivity contribution < 1.29 is 17.9 Å². The second kappa shape index (κ2) is 9.57. The van der Waals surface area contributed by atoms with E-state index in [1.165, 1.54) is 24.3 Å². The van der Waals surface area contributed by atoms with Crippen molar-refractivity contribution in [3.8, 4) is 5.75 Å². The fourth-order valence-corrected chi connectivity index (χ4v) is 3.99. The van der Waals surface area contributed by atoms with Crippen molar-refractivity contribution in [1.29, 1.82) is 0 Å². The highest BCUT2D eigenvalue weighted by atomic mass is 32.2. The second-order valence-corrected chi connectivity index (χ2v) is 8.65. The number of nitrogens with one attached hydrogen (secondary N) is 2. The first kappa shape index (κ1) is 22.2. The summed E-state index contributed by atoms with van der Waals surface area (Å²) in [6.45, 7) is 3.52. The molecular weight excluding hydrogens is 416 g/mol. The summed E-state index contributed by atoms with van der Waals surface area (Å²) in [4.78, 5) is 20.5. The first-order chi connectivity index (χ1) is 14.8. The number of hydrogen-bond donors (Lipinski definition) is 2. The van der Waals surface area contributed by atoms with Gasteiger partial charge in [0.05, 0.1) is 12.0 Å². The van der Waals surface area contributed by atoms with Gasteiger partial charge < -0.3 is 10.1 Å². The smallest absolute Gasteiger partial charge is 0.264 e. The molecule has 2 aromatic carbocycles. The highest BCUT2D eigenvalue weighted by molar-refractivity contribution is 7.92. The van der Waals surface area contributed by atoms with Gasteiger partial charge in [-0.1, -0.05) is 18.2 Å². The van der Waals surface area contributed by atoms with Crippen LogP contribution in [0.5, 0.6) is 5.75 Å². The Bertz CT molecular complexity index is 1160. The lowest BCUT2D eigenvalue weighted by Gasteiger charge is -2.10. The van der Waals surface area contributed by atoms with Crippen LogP contribution in [0, 0.1) is 13.8 Å². The van der Waals surface area contributed by atoms with Gasteiger partial charge in [-0.15, -0.1) is 0 Å². The molecule has 0 aliphatic carbocycles. The van der Waals surface area contributed by atoms with E-state index < -0.39 is 10.0 Å². The van der Waals surface area contributed by atoms with E-state index in [-0.39, 0.29) is 23.2 Å². The van der Waals surface area contributed by atoms with Crippen LogP contribution in [0.1, 0.15) is 23.4 Å². The zero-order valence-electron chi connectivity index (χ0n) is 17.5. The number of methoxy groups -OCH3 is 1. The van der Waals surface area contributed by atoms with Crippen molar-refractivity contribution in [3.63, 3.8) is 0 Å². The molecule has 8 nitrogen and oxygen atoms in total. The third-order valence-electron chi connectivity index (χ3n) is 4.47. The van der Waals surface area contributed by atoms with Gasteiger partial charge in [0, 0.05) is 23.5 Å². The Morgan fingerprint density at radius 1 is 1.00 bits per heavy atom. The number of aromatic nitrogens is 2. The van der Waals surface area contributed by atoms with Crippen LogP contribution in [0.25, 0.3) is 0 Å². The van der Waals surface area contributed by atoms with E-state index in [1.807, 2.05) is 24.3 Å². The zero-order chi connectivity index (χ0) is 22.4. The Morgan fingerprint density at radius 3 is 2.29 bits per heavy atom. The molecule has 1 heterocycles. The number of anilines is 2. The van der Waals surface area contributed by atoms with Crippen LogP contribution in [0.4, 0.5) is 11.6 Å². The number of hydrogen-bond acceptors (Lipinski definition) is 6. The number of sulfonamides is 1. The minimum absolute atomic E-state index is 0.0196. The van der Waals surface area contributed by atoms with E-state index in [9.17, 15) is 13.2 Å². The highest BCUT2D eigenvalue weighted by Gasteiger charge is 2.16. The Kier molecular flexibility index (Phi) is 6.86. The third kappa shape index (κ3) is 6.02. The number of nitrogens with zero attached hydrogens (tertiary/aromatic N) is 2. The Morgan fingerprint density at radius 2 is 1.65 bits per heavy atom. The maximum atomic E-state index is 12.6. The number of ether oxygens (including phenoxy) is 1. The van der Waals surface area contributed by atoms with Crippen LogP contribution in [0.3, 0.4) is 0 Å². The van der Waals surface area contributed by atoms with Crippen molar-refractivity contribution in [2.24, 2.45) is 0 Å². The van der Waals surface area contributed by atoms with E-state index in [2.05, 4.69) is 20.0 Å². The van der Waals surface area contributed by atoms with Gasteiger partial charge in [0.2, 0.25) is 11.9 Å². The van der Waals surface area contributed by atoms with Crippen molar-refractivity contribution in [2.75, 3.05) is 17.1 Å². The summed E-state index contributed by atoms with van der Waals surface area (Å²) in [6.07, 6.45) is 0.800. The number of aryl methyl sites for hydroxylation is 3. The van der Waals surface area contributed by atoms with Gasteiger partial charge in [-0.3, -0.25) is 4.79 Å². The fourth-order valence-electron chi connectivity index (χ4n) is 3.05. The lowest BCUT2D eigenvalue weighted by Crippen LogP contribution is -2.16. The van der Waals surface area contributed by atoms with Gasteiger partial charge in [-0.05, 0) is 62.2 Å². The van der Waals surface area contributed by atoms with E-state index in [1.54, 1.807) is 27.0 Å². The van der Waals surface area contributed by atoms with Crippen molar-refractivity contribution in [3.05, 3.63) is 71.5 Å². The molecule has 0 saturated carbocycles. The molecule has 2 N–H and O–H groups in total. The largest absolute Gasteiger partial charge is 0.496 e. The Balaban J connectivity index is 1.62. The molecule has 9 heteroatoms. The molecule has 0 aliphatic heterocycles. The summed E-state index contributed by atoms with van der Waals surface area (Å²) >= 11 is 0. The monoisotopic (exact) mass is 440 g/mol. The van der Waals surface area contributed by atoms with Gasteiger partial charge in [-0.2, -0.15) is 0 Å². The number of benzene rings is 2. The maximum Gasteiger partial charge on any atom is 0.264 e. The molecule has 162 valence electrons. The first-order valence-corrected chi connectivity index (χ1v) is 11.1. The quantitative estimate of drug-likeness (QED) is 0.555. The second-order valence-electron chi connectivity index (χ2n) is 6.96. The third-order valence-corrected chi connectivity index (χ3v) is 5.81. The molecule has 0 aliphatic rings. The molecule has 1 amide bonds. The molecular formula is C22H24N4O4S. The van der Waals surface area contributed by atoms with E-state index in [0.717, 1.165) is 11.3 Å². The molecule has 0 spiro atoms. The molecule has 1 aromatic heterocycles. The lowest BCUT2D eigenvalue weighted by molar-refractivity contribution is -0.116. The molecule has 0 radical (unpaired) electrons. The van der Waals surface area contributed by atoms with Crippen molar-refractivity contribution >= 4 is 27.6 Å². The van der Waals surface area contributed by atoms with Crippen molar-refractivity contribution in [1.82, 2.24) is 9.97 Å². The SMILES string of the molecule is COc1ccccc1CCC(=O)Nc1ccc(S(=O)(=O)Nc2nc(C)cc(C)n2)cc1. The van der Waals surface area contributed by atoms with Crippen LogP contribution in [-0.4, -0.2) is 31.4 Å². The Labute approximate surface area is 181 Å². The van der Waals surface area contributed by atoms with Crippen LogP contribution in [0.2, 0.25) is 0 Å². The molecule has 0 fully saturated rings. The predicted molar refractivity (Wildman–Crippen MR) is 119 cm³/mol. The lowest BCUT2D eigenvalue weighted by atomic mass is 10.1. The molecule has 0 bridgehead atoms. The van der Waals surface area contributed by atoms with Gasteiger partial charge >= 0.3 is 0 Å².